The van der Waals surface area contributed by atoms with Crippen molar-refractivity contribution in [2.24, 2.45) is 0 Å². The van der Waals surface area contributed by atoms with Crippen molar-refractivity contribution < 1.29 is 9.90 Å². The third-order valence-corrected chi connectivity index (χ3v) is 2.75. The molecule has 0 aliphatic heterocycles. The second kappa shape index (κ2) is 5.98. The smallest absolute Gasteiger partial charge is 0.325 e. The lowest BCUT2D eigenvalue weighted by molar-refractivity contribution is 0.0914. The first kappa shape index (κ1) is 13.8. The molecule has 0 aliphatic carbocycles. The number of carbonyl (C=O) groups is 1. The standard InChI is InChI=1S/C13H13N3O4/c17-7-10(8-4-2-1-3-5-8)15-11(18)9-6-14-13(20)16-12(9)19/h1-6,10,17H,7H2,(H,15,18)(H2,14,16,19,20)/t10-/m0/s1. The van der Waals surface area contributed by atoms with Crippen LogP contribution in [-0.4, -0.2) is 27.6 Å². The van der Waals surface area contributed by atoms with Gasteiger partial charge < -0.3 is 15.4 Å². The number of benzene rings is 1. The van der Waals surface area contributed by atoms with E-state index in [0.29, 0.717) is 5.56 Å². The molecule has 1 heterocycles. The predicted molar refractivity (Wildman–Crippen MR) is 71.4 cm³/mol. The minimum Gasteiger partial charge on any atom is -0.394 e. The van der Waals surface area contributed by atoms with Crippen molar-refractivity contribution in [2.45, 2.75) is 6.04 Å². The maximum atomic E-state index is 12.0. The minimum atomic E-state index is -0.781. The number of aliphatic hydroxyl groups excluding tert-OH is 1. The summed E-state index contributed by atoms with van der Waals surface area (Å²) in [6.07, 6.45) is 1.04. The Morgan fingerprint density at radius 2 is 1.95 bits per heavy atom. The molecule has 2 rings (SSSR count). The summed E-state index contributed by atoms with van der Waals surface area (Å²) in [6, 6.07) is 8.23. The summed E-state index contributed by atoms with van der Waals surface area (Å²) in [5, 5.41) is 11.9. The monoisotopic (exact) mass is 275 g/mol. The Morgan fingerprint density at radius 3 is 2.55 bits per heavy atom. The molecule has 104 valence electrons. The molecule has 0 radical (unpaired) electrons. The number of H-pyrrole nitrogens is 2. The second-order valence-corrected chi connectivity index (χ2v) is 4.10. The van der Waals surface area contributed by atoms with Gasteiger partial charge in [-0.05, 0) is 5.56 Å². The topological polar surface area (TPSA) is 115 Å². The predicted octanol–water partition coefficient (Wildman–Crippen LogP) is -0.473. The van der Waals surface area contributed by atoms with Gasteiger partial charge in [0.15, 0.2) is 0 Å². The molecule has 0 bridgehead atoms. The molecule has 1 atom stereocenters. The van der Waals surface area contributed by atoms with Gasteiger partial charge in [-0.1, -0.05) is 30.3 Å². The lowest BCUT2D eigenvalue weighted by Gasteiger charge is -2.16. The van der Waals surface area contributed by atoms with Crippen LogP contribution in [0, 0.1) is 0 Å². The molecule has 4 N–H and O–H groups in total. The zero-order valence-electron chi connectivity index (χ0n) is 10.4. The average Bonchev–Trinajstić information content (AvgIpc) is 2.45. The molecule has 7 heteroatoms. The van der Waals surface area contributed by atoms with E-state index >= 15 is 0 Å². The maximum absolute atomic E-state index is 12.0. The number of amides is 1. The highest BCUT2D eigenvalue weighted by molar-refractivity contribution is 5.93. The summed E-state index contributed by atoms with van der Waals surface area (Å²) in [4.78, 5) is 38.5. The van der Waals surface area contributed by atoms with Crippen molar-refractivity contribution >= 4 is 5.91 Å². The first-order valence-electron chi connectivity index (χ1n) is 5.90. The highest BCUT2D eigenvalue weighted by atomic mass is 16.3. The van der Waals surface area contributed by atoms with E-state index < -0.39 is 23.2 Å². The van der Waals surface area contributed by atoms with E-state index in [9.17, 15) is 19.5 Å². The zero-order valence-corrected chi connectivity index (χ0v) is 10.4. The fourth-order valence-corrected chi connectivity index (χ4v) is 1.73. The summed E-state index contributed by atoms with van der Waals surface area (Å²) in [7, 11) is 0. The van der Waals surface area contributed by atoms with Gasteiger partial charge in [0.25, 0.3) is 11.5 Å². The van der Waals surface area contributed by atoms with Crippen molar-refractivity contribution in [1.29, 1.82) is 0 Å². The Morgan fingerprint density at radius 1 is 1.25 bits per heavy atom. The van der Waals surface area contributed by atoms with Crippen LogP contribution >= 0.6 is 0 Å². The number of carbonyl (C=O) groups excluding carboxylic acids is 1. The summed E-state index contributed by atoms with van der Waals surface area (Å²) in [6.45, 7) is -0.309. The van der Waals surface area contributed by atoms with Gasteiger partial charge in [-0.15, -0.1) is 0 Å². The molecule has 1 aromatic carbocycles. The number of aromatic nitrogens is 2. The molecule has 0 saturated carbocycles. The van der Waals surface area contributed by atoms with Gasteiger partial charge in [-0.3, -0.25) is 14.6 Å². The Kier molecular flexibility index (Phi) is 4.11. The number of hydrogen-bond acceptors (Lipinski definition) is 4. The van der Waals surface area contributed by atoms with Gasteiger partial charge in [0.1, 0.15) is 5.56 Å². The van der Waals surface area contributed by atoms with Gasteiger partial charge in [0.05, 0.1) is 12.6 Å². The third-order valence-electron chi connectivity index (χ3n) is 2.75. The number of aromatic amines is 2. The number of nitrogens with one attached hydrogen (secondary N) is 3. The van der Waals surface area contributed by atoms with E-state index in [1.54, 1.807) is 24.3 Å². The van der Waals surface area contributed by atoms with E-state index in [1.165, 1.54) is 0 Å². The zero-order chi connectivity index (χ0) is 14.5. The minimum absolute atomic E-state index is 0.223. The molecule has 0 saturated heterocycles. The van der Waals surface area contributed by atoms with Gasteiger partial charge in [0, 0.05) is 6.20 Å². The van der Waals surface area contributed by atoms with Crippen molar-refractivity contribution in [2.75, 3.05) is 6.61 Å². The fraction of sp³-hybridized carbons (Fsp3) is 0.154. The molecule has 2 aromatic rings. The van der Waals surface area contributed by atoms with Crippen molar-refractivity contribution in [3.8, 4) is 0 Å². The number of hydrogen-bond donors (Lipinski definition) is 4. The second-order valence-electron chi connectivity index (χ2n) is 4.10. The summed E-state index contributed by atoms with van der Waals surface area (Å²) >= 11 is 0. The first-order chi connectivity index (χ1) is 9.61. The summed E-state index contributed by atoms with van der Waals surface area (Å²) in [5.41, 5.74) is -0.979. The Hall–Kier alpha value is -2.67. The molecular weight excluding hydrogens is 262 g/mol. The largest absolute Gasteiger partial charge is 0.394 e. The maximum Gasteiger partial charge on any atom is 0.325 e. The average molecular weight is 275 g/mol. The van der Waals surface area contributed by atoms with Crippen LogP contribution in [0.15, 0.2) is 46.1 Å². The quantitative estimate of drug-likeness (QED) is 0.603. The van der Waals surface area contributed by atoms with Crippen LogP contribution < -0.4 is 16.6 Å². The normalized spacial score (nSPS) is 11.8. The molecule has 1 amide bonds. The highest BCUT2D eigenvalue weighted by Crippen LogP contribution is 2.11. The van der Waals surface area contributed by atoms with E-state index in [0.717, 1.165) is 6.20 Å². The van der Waals surface area contributed by atoms with Crippen LogP contribution in [-0.2, 0) is 0 Å². The molecule has 0 spiro atoms. The van der Waals surface area contributed by atoms with Gasteiger partial charge in [0.2, 0.25) is 0 Å². The Bertz CT molecular complexity index is 705. The van der Waals surface area contributed by atoms with Crippen molar-refractivity contribution in [1.82, 2.24) is 15.3 Å². The number of aliphatic hydroxyl groups is 1. The van der Waals surface area contributed by atoms with Crippen LogP contribution in [0.25, 0.3) is 0 Å². The molecule has 1 aromatic heterocycles. The van der Waals surface area contributed by atoms with Gasteiger partial charge in [-0.25, -0.2) is 4.79 Å². The molecule has 0 fully saturated rings. The van der Waals surface area contributed by atoms with Crippen LogP contribution in [0.3, 0.4) is 0 Å². The first-order valence-corrected chi connectivity index (χ1v) is 5.90. The SMILES string of the molecule is O=C(N[C@@H](CO)c1ccccc1)c1c[nH]c(=O)[nH]c1=O. The van der Waals surface area contributed by atoms with Gasteiger partial charge in [-0.2, -0.15) is 0 Å². The fourth-order valence-electron chi connectivity index (χ4n) is 1.73. The Labute approximate surface area is 113 Å². The number of rotatable bonds is 4. The van der Waals surface area contributed by atoms with E-state index in [-0.39, 0.29) is 12.2 Å². The highest BCUT2D eigenvalue weighted by Gasteiger charge is 2.17. The summed E-state index contributed by atoms with van der Waals surface area (Å²) < 4.78 is 0. The Balaban J connectivity index is 2.22. The molecule has 0 aliphatic rings. The van der Waals surface area contributed by atoms with Crippen LogP contribution in [0.1, 0.15) is 22.0 Å². The van der Waals surface area contributed by atoms with E-state index in [1.807, 2.05) is 11.1 Å². The lowest BCUT2D eigenvalue weighted by atomic mass is 10.1. The summed E-state index contributed by atoms with van der Waals surface area (Å²) in [5.74, 6) is -0.676. The van der Waals surface area contributed by atoms with Crippen molar-refractivity contribution in [3.05, 3.63) is 68.5 Å². The molecule has 7 nitrogen and oxygen atoms in total. The van der Waals surface area contributed by atoms with Crippen molar-refractivity contribution in [3.63, 3.8) is 0 Å². The lowest BCUT2D eigenvalue weighted by Crippen LogP contribution is -2.36. The van der Waals surface area contributed by atoms with Crippen LogP contribution in [0.5, 0.6) is 0 Å². The third kappa shape index (κ3) is 3.01. The van der Waals surface area contributed by atoms with Gasteiger partial charge >= 0.3 is 5.69 Å². The van der Waals surface area contributed by atoms with E-state index in [2.05, 4.69) is 10.3 Å². The van der Waals surface area contributed by atoms with Crippen LogP contribution in [0.4, 0.5) is 0 Å². The molecule has 0 unspecified atom stereocenters. The van der Waals surface area contributed by atoms with E-state index in [4.69, 9.17) is 0 Å². The molecule has 20 heavy (non-hydrogen) atoms. The molecular formula is C13H13N3O4. The van der Waals surface area contributed by atoms with Crippen LogP contribution in [0.2, 0.25) is 0 Å².